The van der Waals surface area contributed by atoms with Crippen LogP contribution >= 0.6 is 0 Å². The van der Waals surface area contributed by atoms with Gasteiger partial charge in [0.05, 0.1) is 10.3 Å². The summed E-state index contributed by atoms with van der Waals surface area (Å²) in [6, 6.07) is 11.4. The van der Waals surface area contributed by atoms with Gasteiger partial charge in [-0.3, -0.25) is 19.7 Å². The smallest absolute Gasteiger partial charge is 0.359 e. The van der Waals surface area contributed by atoms with Crippen molar-refractivity contribution < 1.29 is 19.2 Å². The van der Waals surface area contributed by atoms with E-state index in [9.17, 15) is 24.5 Å². The number of aromatic nitrogens is 2. The fourth-order valence-corrected chi connectivity index (χ4v) is 2.35. The molecule has 9 nitrogen and oxygen atoms in total. The monoisotopic (exact) mass is 353 g/mol. The molecule has 0 bridgehead atoms. The number of nitro groups is 1. The van der Waals surface area contributed by atoms with Crippen LogP contribution in [0.1, 0.15) is 20.8 Å². The molecule has 9 heteroatoms. The van der Waals surface area contributed by atoms with E-state index in [1.54, 1.807) is 12.1 Å². The molecule has 2 aromatic carbocycles. The second-order valence-electron chi connectivity index (χ2n) is 5.25. The second-order valence-corrected chi connectivity index (χ2v) is 5.25. The Morgan fingerprint density at radius 1 is 1.12 bits per heavy atom. The maximum Gasteiger partial charge on any atom is 0.359 e. The average molecular weight is 353 g/mol. The van der Waals surface area contributed by atoms with Gasteiger partial charge in [-0.25, -0.2) is 9.89 Å². The van der Waals surface area contributed by atoms with Gasteiger partial charge in [-0.1, -0.05) is 30.3 Å². The minimum atomic E-state index is -0.892. The molecule has 0 radical (unpaired) electrons. The predicted molar refractivity (Wildman–Crippen MR) is 90.1 cm³/mol. The normalized spacial score (nSPS) is 10.5. The molecule has 130 valence electrons. The van der Waals surface area contributed by atoms with Gasteiger partial charge >= 0.3 is 5.97 Å². The number of nitro benzene ring substituents is 1. The van der Waals surface area contributed by atoms with Gasteiger partial charge in [0.2, 0.25) is 5.78 Å². The lowest BCUT2D eigenvalue weighted by molar-refractivity contribution is -0.384. The molecule has 1 N–H and O–H groups in total. The number of nitrogens with zero attached hydrogens (tertiary/aromatic N) is 2. The second kappa shape index (κ2) is 6.93. The van der Waals surface area contributed by atoms with Crippen LogP contribution < -0.4 is 5.56 Å². The minimum absolute atomic E-state index is 0.0475. The van der Waals surface area contributed by atoms with Gasteiger partial charge in [0.25, 0.3) is 11.2 Å². The number of ketones is 1. The number of non-ortho nitro benzene ring substituents is 1. The van der Waals surface area contributed by atoms with E-state index < -0.39 is 28.8 Å². The number of benzene rings is 2. The van der Waals surface area contributed by atoms with Crippen molar-refractivity contribution in [2.24, 2.45) is 0 Å². The highest BCUT2D eigenvalue weighted by atomic mass is 16.6. The van der Waals surface area contributed by atoms with Crippen molar-refractivity contribution in [1.29, 1.82) is 0 Å². The van der Waals surface area contributed by atoms with E-state index in [4.69, 9.17) is 4.74 Å². The number of hydrogen-bond acceptors (Lipinski definition) is 7. The van der Waals surface area contributed by atoms with E-state index in [1.807, 2.05) is 0 Å². The molecule has 0 amide bonds. The van der Waals surface area contributed by atoms with Crippen molar-refractivity contribution in [3.63, 3.8) is 0 Å². The number of Topliss-reactive ketones (excluding diaryl/α,β-unsaturated/α-hetero) is 1. The van der Waals surface area contributed by atoms with Crippen molar-refractivity contribution in [3.8, 4) is 0 Å². The van der Waals surface area contributed by atoms with Crippen molar-refractivity contribution in [2.45, 2.75) is 0 Å². The van der Waals surface area contributed by atoms with Gasteiger partial charge in [-0.05, 0) is 6.07 Å². The minimum Gasteiger partial charge on any atom is -0.452 e. The zero-order chi connectivity index (χ0) is 18.7. The third-order valence-electron chi connectivity index (χ3n) is 3.60. The standard InChI is InChI=1S/C17H11N3O6/c21-14(10-4-3-5-11(8-10)20(24)25)9-26-17(23)15-12-6-1-2-7-13(12)16(22)19-18-15/h1-8H,9H2,(H,19,22). The van der Waals surface area contributed by atoms with E-state index >= 15 is 0 Å². The molecular weight excluding hydrogens is 342 g/mol. The Balaban J connectivity index is 1.78. The number of carbonyl (C=O) groups excluding carboxylic acids is 2. The van der Waals surface area contributed by atoms with Gasteiger partial charge < -0.3 is 4.74 Å². The number of rotatable bonds is 5. The fraction of sp³-hybridized carbons (Fsp3) is 0.0588. The zero-order valence-electron chi connectivity index (χ0n) is 13.2. The molecule has 0 saturated carbocycles. The van der Waals surface area contributed by atoms with Crippen LogP contribution in [0.2, 0.25) is 0 Å². The van der Waals surface area contributed by atoms with Crippen LogP contribution in [0.3, 0.4) is 0 Å². The summed E-state index contributed by atoms with van der Waals surface area (Å²) in [6.45, 7) is -0.616. The molecule has 26 heavy (non-hydrogen) atoms. The van der Waals surface area contributed by atoms with Gasteiger partial charge in [-0.2, -0.15) is 5.10 Å². The molecule has 3 aromatic rings. The third-order valence-corrected chi connectivity index (χ3v) is 3.60. The lowest BCUT2D eigenvalue weighted by Crippen LogP contribution is -2.19. The van der Waals surface area contributed by atoms with Crippen LogP contribution in [0.5, 0.6) is 0 Å². The highest BCUT2D eigenvalue weighted by Crippen LogP contribution is 2.15. The first-order chi connectivity index (χ1) is 12.5. The largest absolute Gasteiger partial charge is 0.452 e. The fourth-order valence-electron chi connectivity index (χ4n) is 2.35. The predicted octanol–water partition coefficient (Wildman–Crippen LogP) is 1.87. The molecule has 0 fully saturated rings. The van der Waals surface area contributed by atoms with Crippen molar-refractivity contribution >= 4 is 28.2 Å². The summed E-state index contributed by atoms with van der Waals surface area (Å²) in [7, 11) is 0. The summed E-state index contributed by atoms with van der Waals surface area (Å²) in [6.07, 6.45) is 0. The van der Waals surface area contributed by atoms with Gasteiger partial charge in [-0.15, -0.1) is 0 Å². The van der Waals surface area contributed by atoms with Gasteiger partial charge in [0.15, 0.2) is 12.3 Å². The molecule has 0 unspecified atom stereocenters. The van der Waals surface area contributed by atoms with Crippen LogP contribution in [-0.4, -0.2) is 33.5 Å². The summed E-state index contributed by atoms with van der Waals surface area (Å²) in [5, 5.41) is 17.2. The maximum absolute atomic E-state index is 12.2. The van der Waals surface area contributed by atoms with E-state index in [0.717, 1.165) is 6.07 Å². The number of hydrogen-bond donors (Lipinski definition) is 1. The van der Waals surface area contributed by atoms with Crippen LogP contribution in [-0.2, 0) is 4.74 Å². The van der Waals surface area contributed by atoms with Crippen LogP contribution in [0.25, 0.3) is 10.8 Å². The topological polar surface area (TPSA) is 132 Å². The molecular formula is C17H11N3O6. The van der Waals surface area contributed by atoms with E-state index in [1.165, 1.54) is 30.3 Å². The average Bonchev–Trinajstić information content (AvgIpc) is 2.66. The van der Waals surface area contributed by atoms with Gasteiger partial charge in [0.1, 0.15) is 0 Å². The Bertz CT molecular complexity index is 1090. The molecule has 0 spiro atoms. The number of nitrogens with one attached hydrogen (secondary N) is 1. The van der Waals surface area contributed by atoms with Crippen LogP contribution in [0.15, 0.2) is 53.3 Å². The Hall–Kier alpha value is -3.88. The number of aromatic amines is 1. The number of fused-ring (bicyclic) bond motifs is 1. The highest BCUT2D eigenvalue weighted by Gasteiger charge is 2.18. The van der Waals surface area contributed by atoms with E-state index in [2.05, 4.69) is 10.2 Å². The Kier molecular flexibility index (Phi) is 4.52. The lowest BCUT2D eigenvalue weighted by Gasteiger charge is -2.06. The molecule has 0 saturated heterocycles. The first-order valence-electron chi connectivity index (χ1n) is 7.39. The number of esters is 1. The first kappa shape index (κ1) is 17.0. The number of ether oxygens (including phenoxy) is 1. The number of H-pyrrole nitrogens is 1. The van der Waals surface area contributed by atoms with Crippen molar-refractivity contribution in [3.05, 3.63) is 80.3 Å². The summed E-state index contributed by atoms with van der Waals surface area (Å²) < 4.78 is 4.95. The summed E-state index contributed by atoms with van der Waals surface area (Å²) >= 11 is 0. The lowest BCUT2D eigenvalue weighted by atomic mass is 10.1. The van der Waals surface area contributed by atoms with E-state index in [-0.39, 0.29) is 22.3 Å². The Morgan fingerprint density at radius 2 is 1.85 bits per heavy atom. The third kappa shape index (κ3) is 3.31. The molecule has 1 aromatic heterocycles. The summed E-state index contributed by atoms with van der Waals surface area (Å²) in [5.41, 5.74) is -0.779. The van der Waals surface area contributed by atoms with Gasteiger partial charge in [0, 0.05) is 23.1 Å². The van der Waals surface area contributed by atoms with E-state index in [0.29, 0.717) is 5.39 Å². The van der Waals surface area contributed by atoms with Crippen molar-refractivity contribution in [1.82, 2.24) is 10.2 Å². The molecule has 0 aliphatic heterocycles. The quantitative estimate of drug-likeness (QED) is 0.320. The molecule has 3 rings (SSSR count). The number of carbonyl (C=O) groups is 2. The maximum atomic E-state index is 12.2. The first-order valence-corrected chi connectivity index (χ1v) is 7.39. The summed E-state index contributed by atoms with van der Waals surface area (Å²) in [4.78, 5) is 46.1. The van der Waals surface area contributed by atoms with Crippen molar-refractivity contribution in [2.75, 3.05) is 6.61 Å². The highest BCUT2D eigenvalue weighted by molar-refractivity contribution is 6.04. The molecule has 0 aliphatic carbocycles. The van der Waals surface area contributed by atoms with Crippen LogP contribution in [0, 0.1) is 10.1 Å². The summed E-state index contributed by atoms with van der Waals surface area (Å²) in [5.74, 6) is -1.49. The SMILES string of the molecule is O=C(COC(=O)c1n[nH]c(=O)c2ccccc12)c1cccc([N+](=O)[O-])c1. The molecule has 0 aliphatic rings. The molecule has 1 heterocycles. The zero-order valence-corrected chi connectivity index (χ0v) is 13.2. The van der Waals surface area contributed by atoms with Crippen LogP contribution in [0.4, 0.5) is 5.69 Å². The Morgan fingerprint density at radius 3 is 2.58 bits per heavy atom. The Labute approximate surface area is 145 Å². The molecule has 0 atom stereocenters.